The van der Waals surface area contributed by atoms with E-state index in [-0.39, 0.29) is 11.7 Å². The molecule has 0 aromatic carbocycles. The van der Waals surface area contributed by atoms with Crippen molar-refractivity contribution in [1.82, 2.24) is 10.3 Å². The Kier molecular flexibility index (Phi) is 8.18. The summed E-state index contributed by atoms with van der Waals surface area (Å²) in [4.78, 5) is 25.4. The molecule has 140 valence electrons. The zero-order chi connectivity index (χ0) is 18.9. The van der Waals surface area contributed by atoms with E-state index in [1.54, 1.807) is 0 Å². The summed E-state index contributed by atoms with van der Waals surface area (Å²) in [7, 11) is 1.46. The maximum atomic E-state index is 11.4. The molecule has 0 bridgehead atoms. The van der Waals surface area contributed by atoms with Crippen LogP contribution in [0.5, 0.6) is 5.75 Å². The summed E-state index contributed by atoms with van der Waals surface area (Å²) >= 11 is 0. The van der Waals surface area contributed by atoms with Crippen LogP contribution in [-0.4, -0.2) is 40.9 Å². The number of carboxylic acids is 1. The minimum absolute atomic E-state index is 0.129. The Morgan fingerprint density at radius 3 is 2.36 bits per heavy atom. The van der Waals surface area contributed by atoms with Crippen LogP contribution >= 0.6 is 0 Å². The number of hydrogen-bond acceptors (Lipinski definition) is 5. The lowest BCUT2D eigenvalue weighted by Gasteiger charge is -2.25. The van der Waals surface area contributed by atoms with Crippen molar-refractivity contribution in [1.29, 1.82) is 0 Å². The lowest BCUT2D eigenvalue weighted by Crippen LogP contribution is -2.39. The predicted octanol–water partition coefficient (Wildman–Crippen LogP) is 3.63. The van der Waals surface area contributed by atoms with Crippen LogP contribution in [0.25, 0.3) is 0 Å². The highest BCUT2D eigenvalue weighted by molar-refractivity contribution is 5.87. The first-order valence-corrected chi connectivity index (χ1v) is 8.43. The van der Waals surface area contributed by atoms with Gasteiger partial charge in [0.05, 0.1) is 18.9 Å². The van der Waals surface area contributed by atoms with Gasteiger partial charge in [0.1, 0.15) is 11.4 Å². The number of amides is 1. The van der Waals surface area contributed by atoms with Gasteiger partial charge in [-0.05, 0) is 39.7 Å². The molecule has 0 unspecified atom stereocenters. The van der Waals surface area contributed by atoms with Gasteiger partial charge in [-0.15, -0.1) is 0 Å². The molecule has 2 N–H and O–H groups in total. The number of carbonyl (C=O) groups excluding carboxylic acids is 1. The van der Waals surface area contributed by atoms with Gasteiger partial charge < -0.3 is 19.9 Å². The lowest BCUT2D eigenvalue weighted by atomic mass is 9.96. The Morgan fingerprint density at radius 2 is 1.84 bits per heavy atom. The van der Waals surface area contributed by atoms with Gasteiger partial charge in [-0.25, -0.2) is 9.59 Å². The van der Waals surface area contributed by atoms with Crippen LogP contribution in [0.15, 0.2) is 18.5 Å². The molecule has 0 spiro atoms. The van der Waals surface area contributed by atoms with Crippen LogP contribution in [0.3, 0.4) is 0 Å². The number of hydrogen-bond donors (Lipinski definition) is 2. The summed E-state index contributed by atoms with van der Waals surface area (Å²) in [5, 5.41) is 11.4. The van der Waals surface area contributed by atoms with E-state index in [0.717, 1.165) is 12.8 Å². The van der Waals surface area contributed by atoms with E-state index in [9.17, 15) is 9.59 Å². The monoisotopic (exact) mass is 352 g/mol. The Morgan fingerprint density at radius 1 is 1.20 bits per heavy atom. The minimum atomic E-state index is -1.00. The molecule has 2 rings (SSSR count). The average Bonchev–Trinajstić information content (AvgIpc) is 2.54. The van der Waals surface area contributed by atoms with E-state index in [1.165, 1.54) is 44.8 Å². The third-order valence-corrected chi connectivity index (χ3v) is 3.52. The maximum Gasteiger partial charge on any atom is 0.407 e. The molecule has 0 radical (unpaired) electrons. The van der Waals surface area contributed by atoms with E-state index in [2.05, 4.69) is 10.3 Å². The summed E-state index contributed by atoms with van der Waals surface area (Å²) < 4.78 is 9.97. The van der Waals surface area contributed by atoms with E-state index >= 15 is 0 Å². The largest absolute Gasteiger partial charge is 0.495 e. The van der Waals surface area contributed by atoms with Crippen LogP contribution < -0.4 is 10.1 Å². The van der Waals surface area contributed by atoms with Crippen LogP contribution in [0.2, 0.25) is 0 Å². The van der Waals surface area contributed by atoms with Crippen LogP contribution in [0.4, 0.5) is 4.79 Å². The summed E-state index contributed by atoms with van der Waals surface area (Å²) in [5.41, 5.74) is -0.261. The van der Waals surface area contributed by atoms with E-state index in [4.69, 9.17) is 14.6 Å². The number of ether oxygens (including phenoxy) is 2. The Labute approximate surface area is 148 Å². The van der Waals surface area contributed by atoms with Gasteiger partial charge >= 0.3 is 12.1 Å². The first-order valence-electron chi connectivity index (χ1n) is 8.43. The number of aromatic carboxylic acids is 1. The molecule has 1 aliphatic rings. The van der Waals surface area contributed by atoms with Crippen molar-refractivity contribution in [2.75, 3.05) is 7.11 Å². The van der Waals surface area contributed by atoms with Crippen molar-refractivity contribution in [3.63, 3.8) is 0 Å². The number of nitrogens with one attached hydrogen (secondary N) is 1. The van der Waals surface area contributed by atoms with Gasteiger partial charge in [0, 0.05) is 12.2 Å². The van der Waals surface area contributed by atoms with E-state index in [1.807, 2.05) is 20.8 Å². The molecule has 1 aliphatic carbocycles. The molecule has 0 saturated heterocycles. The first-order chi connectivity index (χ1) is 11.7. The number of alkyl carbamates (subject to hydrolysis) is 1. The third-order valence-electron chi connectivity index (χ3n) is 3.52. The molecule has 7 heteroatoms. The summed E-state index contributed by atoms with van der Waals surface area (Å²) in [6.07, 6.45) is 8.38. The maximum absolute atomic E-state index is 11.4. The molecule has 1 aromatic rings. The quantitative estimate of drug-likeness (QED) is 0.862. The molecule has 25 heavy (non-hydrogen) atoms. The Bertz CT molecular complexity index is 563. The molecule has 0 aliphatic heterocycles. The molecule has 7 nitrogen and oxygen atoms in total. The lowest BCUT2D eigenvalue weighted by molar-refractivity contribution is 0.0492. The van der Waals surface area contributed by atoms with E-state index < -0.39 is 11.6 Å². The van der Waals surface area contributed by atoms with Crippen molar-refractivity contribution < 1.29 is 24.2 Å². The molecule has 1 amide bonds. The number of pyridine rings is 1. The van der Waals surface area contributed by atoms with Crippen molar-refractivity contribution in [2.24, 2.45) is 0 Å². The summed E-state index contributed by atoms with van der Waals surface area (Å²) in [5.74, 6) is -0.554. The Balaban J connectivity index is 0.000000257. The number of methoxy groups -OCH3 is 1. The van der Waals surface area contributed by atoms with Gasteiger partial charge in [-0.2, -0.15) is 0 Å². The minimum Gasteiger partial charge on any atom is -0.495 e. The van der Waals surface area contributed by atoms with Crippen LogP contribution in [-0.2, 0) is 4.74 Å². The van der Waals surface area contributed by atoms with Crippen molar-refractivity contribution in [3.8, 4) is 5.75 Å². The molecule has 0 atom stereocenters. The van der Waals surface area contributed by atoms with Gasteiger partial charge in [0.15, 0.2) is 0 Å². The zero-order valence-electron chi connectivity index (χ0n) is 15.4. The fourth-order valence-electron chi connectivity index (χ4n) is 2.37. The second-order valence-corrected chi connectivity index (χ2v) is 6.90. The number of nitrogens with zero attached hydrogens (tertiary/aromatic N) is 1. The number of carboxylic acid groups (broad SMARTS) is 1. The van der Waals surface area contributed by atoms with Gasteiger partial charge in [0.25, 0.3) is 0 Å². The normalized spacial score (nSPS) is 14.7. The zero-order valence-corrected chi connectivity index (χ0v) is 15.4. The molecule has 1 saturated carbocycles. The molecule has 1 aromatic heterocycles. The highest BCUT2D eigenvalue weighted by Gasteiger charge is 2.20. The highest BCUT2D eigenvalue weighted by atomic mass is 16.6. The van der Waals surface area contributed by atoms with Crippen molar-refractivity contribution in [3.05, 3.63) is 24.0 Å². The Hall–Kier alpha value is -2.31. The van der Waals surface area contributed by atoms with Gasteiger partial charge in [0.2, 0.25) is 0 Å². The smallest absolute Gasteiger partial charge is 0.407 e. The summed E-state index contributed by atoms with van der Waals surface area (Å²) in [6.45, 7) is 5.65. The topological polar surface area (TPSA) is 97.8 Å². The second-order valence-electron chi connectivity index (χ2n) is 6.90. The van der Waals surface area contributed by atoms with Gasteiger partial charge in [-0.3, -0.25) is 4.98 Å². The summed E-state index contributed by atoms with van der Waals surface area (Å²) in [6, 6.07) is 1.74. The van der Waals surface area contributed by atoms with Gasteiger partial charge in [-0.1, -0.05) is 19.3 Å². The average molecular weight is 352 g/mol. The standard InChI is InChI=1S/C11H21NO2.C7H7NO3/c1-11(2,3)14-10(13)12-9-7-5-4-6-8-9;1-11-6-2-5(7(9)10)3-8-4-6/h9H,4-8H2,1-3H3,(H,12,13);2-4H,1H3,(H,9,10). The molecular weight excluding hydrogens is 324 g/mol. The van der Waals surface area contributed by atoms with Crippen molar-refractivity contribution >= 4 is 12.1 Å². The highest BCUT2D eigenvalue weighted by Crippen LogP contribution is 2.18. The fraction of sp³-hybridized carbons (Fsp3) is 0.611. The molecular formula is C18H28N2O5. The number of carbonyl (C=O) groups is 2. The fourth-order valence-corrected chi connectivity index (χ4v) is 2.37. The predicted molar refractivity (Wildman–Crippen MR) is 94.0 cm³/mol. The molecule has 1 heterocycles. The first kappa shape index (κ1) is 20.7. The third kappa shape index (κ3) is 8.93. The number of rotatable bonds is 3. The van der Waals surface area contributed by atoms with E-state index in [0.29, 0.717) is 11.8 Å². The second kappa shape index (κ2) is 9.86. The van der Waals surface area contributed by atoms with Crippen LogP contribution in [0, 0.1) is 0 Å². The number of aromatic nitrogens is 1. The van der Waals surface area contributed by atoms with Crippen molar-refractivity contribution in [2.45, 2.75) is 64.5 Å². The SMILES string of the molecule is CC(C)(C)OC(=O)NC1CCCCC1.COc1cncc(C(=O)O)c1. The van der Waals surface area contributed by atoms with Crippen LogP contribution in [0.1, 0.15) is 63.2 Å². The molecule has 1 fully saturated rings.